The van der Waals surface area contributed by atoms with Gasteiger partial charge in [0.05, 0.1) is 40.3 Å². The van der Waals surface area contributed by atoms with Crippen molar-refractivity contribution in [1.29, 1.82) is 0 Å². The van der Waals surface area contributed by atoms with Gasteiger partial charge in [-0.05, 0) is 77.5 Å². The zero-order valence-electron chi connectivity index (χ0n) is 31.8. The fourth-order valence-electron chi connectivity index (χ4n) is 7.17. The van der Waals surface area contributed by atoms with Gasteiger partial charge < -0.3 is 19.7 Å². The average Bonchev–Trinajstić information content (AvgIpc) is 3.92. The van der Waals surface area contributed by atoms with Gasteiger partial charge >= 0.3 is 6.03 Å². The number of ether oxygens (including phenoxy) is 2. The van der Waals surface area contributed by atoms with Crippen molar-refractivity contribution in [3.63, 3.8) is 0 Å². The van der Waals surface area contributed by atoms with Crippen molar-refractivity contribution in [2.75, 3.05) is 27.2 Å². The van der Waals surface area contributed by atoms with Crippen molar-refractivity contribution in [3.8, 4) is 22.9 Å². The number of methoxy groups -OCH3 is 1. The molecule has 0 spiro atoms. The maximum Gasteiger partial charge on any atom is 0.324 e. The number of sulfonamides is 1. The van der Waals surface area contributed by atoms with Crippen LogP contribution >= 0.6 is 11.3 Å². The highest BCUT2D eigenvalue weighted by molar-refractivity contribution is 7.91. The lowest BCUT2D eigenvalue weighted by Gasteiger charge is -2.30. The average molecular weight is 777 g/mol. The van der Waals surface area contributed by atoms with E-state index >= 15 is 0 Å². The minimum atomic E-state index is -3.96. The summed E-state index contributed by atoms with van der Waals surface area (Å²) < 4.78 is 40.0. The minimum absolute atomic E-state index is 0.00330. The summed E-state index contributed by atoms with van der Waals surface area (Å²) in [4.78, 5) is 55.1. The van der Waals surface area contributed by atoms with E-state index in [1.807, 2.05) is 42.7 Å². The lowest BCUT2D eigenvalue weighted by atomic mass is 10.1. The van der Waals surface area contributed by atoms with Crippen LogP contribution in [0.1, 0.15) is 82.7 Å². The third kappa shape index (κ3) is 6.84. The molecule has 3 aromatic rings. The Morgan fingerprint density at radius 1 is 1.11 bits per heavy atom. The smallest absolute Gasteiger partial charge is 0.324 e. The number of allylic oxidation sites excluding steroid dienone is 1. The number of carbonyl (C=O) groups excluding carboxylic acids is 3. The van der Waals surface area contributed by atoms with Crippen molar-refractivity contribution in [2.45, 2.75) is 94.9 Å². The molecule has 4 aliphatic rings. The van der Waals surface area contributed by atoms with Crippen molar-refractivity contribution in [1.82, 2.24) is 29.8 Å². The van der Waals surface area contributed by atoms with Gasteiger partial charge in [-0.1, -0.05) is 26.0 Å². The first-order chi connectivity index (χ1) is 25.5. The number of aromatic nitrogens is 2. The van der Waals surface area contributed by atoms with E-state index in [2.05, 4.69) is 23.9 Å². The van der Waals surface area contributed by atoms with Crippen LogP contribution in [0, 0.1) is 12.8 Å². The molecule has 4 heterocycles. The van der Waals surface area contributed by atoms with Gasteiger partial charge in [0.2, 0.25) is 10.0 Å². The number of benzene rings is 1. The number of pyridine rings is 1. The molecule has 0 radical (unpaired) electrons. The van der Waals surface area contributed by atoms with Crippen molar-refractivity contribution < 1.29 is 32.3 Å². The molecule has 0 unspecified atom stereocenters. The number of nitrogens with zero attached hydrogens (tertiary/aromatic N) is 4. The highest BCUT2D eigenvalue weighted by Crippen LogP contribution is 2.48. The van der Waals surface area contributed by atoms with Gasteiger partial charge in [0.15, 0.2) is 0 Å². The van der Waals surface area contributed by atoms with Crippen molar-refractivity contribution in [2.24, 2.45) is 5.92 Å². The molecule has 2 aliphatic heterocycles. The molecule has 54 heavy (non-hydrogen) atoms. The first-order valence-corrected chi connectivity index (χ1v) is 20.8. The Labute approximate surface area is 320 Å². The van der Waals surface area contributed by atoms with E-state index in [1.54, 1.807) is 50.3 Å². The quantitative estimate of drug-likeness (QED) is 0.270. The highest BCUT2D eigenvalue weighted by atomic mass is 32.2. The molecule has 2 N–H and O–H groups in total. The largest absolute Gasteiger partial charge is 0.496 e. The van der Waals surface area contributed by atoms with Crippen LogP contribution in [-0.2, 0) is 19.6 Å². The monoisotopic (exact) mass is 776 g/mol. The number of hydrogen-bond acceptors (Lipinski definition) is 10. The van der Waals surface area contributed by atoms with Crippen molar-refractivity contribution in [3.05, 3.63) is 58.1 Å². The summed E-state index contributed by atoms with van der Waals surface area (Å²) in [7, 11) is -0.658. The second-order valence-corrected chi connectivity index (χ2v) is 18.9. The number of fused-ring (bicyclic) bond motifs is 3. The second-order valence-electron chi connectivity index (χ2n) is 15.8. The van der Waals surface area contributed by atoms with E-state index in [4.69, 9.17) is 19.4 Å². The van der Waals surface area contributed by atoms with Crippen LogP contribution in [-0.4, -0.2) is 89.2 Å². The zero-order valence-corrected chi connectivity index (χ0v) is 33.4. The molecule has 288 valence electrons. The molecule has 2 saturated carbocycles. The number of rotatable bonds is 8. The summed E-state index contributed by atoms with van der Waals surface area (Å²) in [6.07, 6.45) is 8.86. The number of hydrogen-bond donors (Lipinski definition) is 2. The summed E-state index contributed by atoms with van der Waals surface area (Å²) in [6, 6.07) is 5.17. The molecule has 7 rings (SSSR count). The van der Waals surface area contributed by atoms with Gasteiger partial charge in [0.25, 0.3) is 11.8 Å². The molecular formula is C39H48N6O7S2. The Bertz CT molecular complexity index is 2210. The van der Waals surface area contributed by atoms with Crippen molar-refractivity contribution >= 4 is 50.1 Å². The van der Waals surface area contributed by atoms with E-state index in [1.165, 1.54) is 4.90 Å². The number of amides is 4. The maximum atomic E-state index is 14.4. The molecule has 3 atom stereocenters. The Kier molecular flexibility index (Phi) is 9.56. The molecule has 13 nitrogen and oxygen atoms in total. The minimum Gasteiger partial charge on any atom is -0.496 e. The fourth-order valence-corrected chi connectivity index (χ4v) is 9.31. The van der Waals surface area contributed by atoms with Crippen LogP contribution in [0.2, 0.25) is 0 Å². The first-order valence-electron chi connectivity index (χ1n) is 18.4. The van der Waals surface area contributed by atoms with Gasteiger partial charge in [0, 0.05) is 47.8 Å². The number of carbonyl (C=O) groups is 3. The Hall–Kier alpha value is -4.50. The van der Waals surface area contributed by atoms with Gasteiger partial charge in [-0.15, -0.1) is 11.3 Å². The van der Waals surface area contributed by atoms with Crippen LogP contribution in [0.25, 0.3) is 22.3 Å². The SMILES string of the molecule is COc1ccc2c(O[C@]3(C)C=C4C(=O)N[C@]5(C(=O)NS(=O)(=O)C6(C)CC6)C[C@H]5/C=C\CCCCN(C)C(=O)N4C3)cc(-c3csc(C(C)C)n3)nc2c1C. The molecule has 2 aromatic heterocycles. The Morgan fingerprint density at radius 3 is 2.56 bits per heavy atom. The molecule has 2 fully saturated rings. The van der Waals surface area contributed by atoms with Crippen LogP contribution in [0.3, 0.4) is 0 Å². The van der Waals surface area contributed by atoms with E-state index < -0.39 is 49.7 Å². The third-order valence-electron chi connectivity index (χ3n) is 11.1. The van der Waals surface area contributed by atoms with E-state index in [9.17, 15) is 22.8 Å². The second kappa shape index (κ2) is 13.7. The number of thiazole rings is 1. The van der Waals surface area contributed by atoms with Crippen LogP contribution in [0.4, 0.5) is 4.79 Å². The fraction of sp³-hybridized carbons (Fsp3) is 0.513. The molecular weight excluding hydrogens is 729 g/mol. The molecule has 15 heteroatoms. The van der Waals surface area contributed by atoms with Gasteiger partial charge in [-0.2, -0.15) is 0 Å². The number of aryl methyl sites for hydroxylation is 1. The summed E-state index contributed by atoms with van der Waals surface area (Å²) >= 11 is 1.56. The molecule has 0 saturated heterocycles. The Balaban J connectivity index is 1.27. The molecule has 0 bridgehead atoms. The highest BCUT2D eigenvalue weighted by Gasteiger charge is 2.63. The zero-order chi connectivity index (χ0) is 38.8. The summed E-state index contributed by atoms with van der Waals surface area (Å²) in [6.45, 7) is 9.99. The first kappa shape index (κ1) is 37.8. The predicted molar refractivity (Wildman–Crippen MR) is 207 cm³/mol. The molecule has 1 aromatic carbocycles. The lowest BCUT2D eigenvalue weighted by molar-refractivity contribution is -0.128. The molecule has 2 aliphatic carbocycles. The van der Waals surface area contributed by atoms with Gasteiger partial charge in [0.1, 0.15) is 28.3 Å². The van der Waals surface area contributed by atoms with Crippen LogP contribution in [0.15, 0.2) is 47.5 Å². The summed E-state index contributed by atoms with van der Waals surface area (Å²) in [5.74, 6) is -0.471. The number of urea groups is 1. The third-order valence-corrected chi connectivity index (χ3v) is 14.4. The summed E-state index contributed by atoms with van der Waals surface area (Å²) in [5, 5.41) is 6.54. The summed E-state index contributed by atoms with van der Waals surface area (Å²) in [5.41, 5.74) is 0.111. The topological polar surface area (TPSA) is 160 Å². The number of nitrogens with one attached hydrogen (secondary N) is 2. The van der Waals surface area contributed by atoms with E-state index in [-0.39, 0.29) is 24.6 Å². The van der Waals surface area contributed by atoms with Crippen LogP contribution < -0.4 is 19.5 Å². The van der Waals surface area contributed by atoms with Gasteiger partial charge in [-0.25, -0.2) is 23.2 Å². The Morgan fingerprint density at radius 2 is 1.87 bits per heavy atom. The van der Waals surface area contributed by atoms with E-state index in [0.29, 0.717) is 59.6 Å². The predicted octanol–water partition coefficient (Wildman–Crippen LogP) is 5.80. The maximum absolute atomic E-state index is 14.4. The van der Waals surface area contributed by atoms with E-state index in [0.717, 1.165) is 23.4 Å². The van der Waals surface area contributed by atoms with Gasteiger partial charge in [-0.3, -0.25) is 19.2 Å². The normalized spacial score (nSPS) is 26.0. The molecule has 4 amide bonds. The standard InChI is InChI=1S/C39H48N6O7S2/c1-23(2)34-41-28(21-53-34)27-18-31(26-13-14-30(51-7)24(3)32(26)40-27)52-37(4)20-29-33(46)42-39(35(47)43-54(49,50)38(5)15-16-38)19-25(39)12-10-8-9-11-17-44(6)36(48)45(29)22-37/h10,12-14,18,20-21,23,25H,8-9,11,15-17,19,22H2,1-7H3,(H,42,46)(H,43,47)/b12-10-/t25-,37-,39-/m1/s1. The lowest BCUT2D eigenvalue weighted by Crippen LogP contribution is -2.55. The van der Waals surface area contributed by atoms with Crippen LogP contribution in [0.5, 0.6) is 11.5 Å².